The molecule has 0 unspecified atom stereocenters. The molecular weight excluding hydrogens is 371 g/mol. The maximum Gasteiger partial charge on any atom is 0.247 e. The van der Waals surface area contributed by atoms with Crippen molar-refractivity contribution in [2.24, 2.45) is 0 Å². The minimum Gasteiger partial charge on any atom is -0.488 e. The number of halogens is 1. The van der Waals surface area contributed by atoms with Crippen LogP contribution in [0.4, 0.5) is 4.39 Å². The molecular formula is C22H25FN4O2. The van der Waals surface area contributed by atoms with Gasteiger partial charge in [0.15, 0.2) is 0 Å². The zero-order valence-corrected chi connectivity index (χ0v) is 16.9. The predicted molar refractivity (Wildman–Crippen MR) is 108 cm³/mol. The molecule has 7 heteroatoms. The van der Waals surface area contributed by atoms with Crippen LogP contribution in [0.3, 0.4) is 0 Å². The van der Waals surface area contributed by atoms with Crippen molar-refractivity contribution in [2.45, 2.75) is 26.1 Å². The normalized spacial score (nSPS) is 14.9. The van der Waals surface area contributed by atoms with Crippen LogP contribution in [0.5, 0.6) is 5.75 Å². The summed E-state index contributed by atoms with van der Waals surface area (Å²) in [6.45, 7) is 4.66. The molecule has 1 aliphatic heterocycles. The van der Waals surface area contributed by atoms with Gasteiger partial charge in [-0.15, -0.1) is 10.2 Å². The molecule has 29 heavy (non-hydrogen) atoms. The number of hydrogen-bond acceptors (Lipinski definition) is 6. The van der Waals surface area contributed by atoms with Crippen LogP contribution >= 0.6 is 0 Å². The van der Waals surface area contributed by atoms with E-state index in [2.05, 4.69) is 15.1 Å². The average Bonchev–Trinajstić information content (AvgIpc) is 3.11. The minimum atomic E-state index is -0.234. The first kappa shape index (κ1) is 19.5. The Labute approximate surface area is 169 Å². The Morgan fingerprint density at radius 3 is 2.59 bits per heavy atom. The van der Waals surface area contributed by atoms with E-state index in [-0.39, 0.29) is 11.9 Å². The molecule has 0 atom stereocenters. The first-order valence-electron chi connectivity index (χ1n) is 9.68. The van der Waals surface area contributed by atoms with Crippen molar-refractivity contribution in [3.63, 3.8) is 0 Å². The van der Waals surface area contributed by atoms with Crippen LogP contribution in [-0.4, -0.2) is 53.3 Å². The Morgan fingerprint density at radius 1 is 1.14 bits per heavy atom. The van der Waals surface area contributed by atoms with Crippen molar-refractivity contribution < 1.29 is 13.5 Å². The summed E-state index contributed by atoms with van der Waals surface area (Å²) < 4.78 is 25.8. The van der Waals surface area contributed by atoms with Crippen LogP contribution in [0.2, 0.25) is 0 Å². The maximum absolute atomic E-state index is 14.2. The summed E-state index contributed by atoms with van der Waals surface area (Å²) >= 11 is 0. The predicted octanol–water partition coefficient (Wildman–Crippen LogP) is 3.51. The highest BCUT2D eigenvalue weighted by atomic mass is 19.1. The number of aryl methyl sites for hydroxylation is 1. The number of benzene rings is 2. The van der Waals surface area contributed by atoms with Gasteiger partial charge >= 0.3 is 0 Å². The fourth-order valence-corrected chi connectivity index (χ4v) is 3.31. The minimum absolute atomic E-state index is 0.0357. The molecule has 3 aromatic rings. The lowest BCUT2D eigenvalue weighted by molar-refractivity contribution is 0.00957. The first-order chi connectivity index (χ1) is 14.0. The summed E-state index contributed by atoms with van der Waals surface area (Å²) in [4.78, 5) is 4.10. The van der Waals surface area contributed by atoms with Gasteiger partial charge in [0.05, 0.1) is 6.54 Å². The van der Waals surface area contributed by atoms with Crippen molar-refractivity contribution in [3.8, 4) is 17.2 Å². The third-order valence-electron chi connectivity index (χ3n) is 4.86. The van der Waals surface area contributed by atoms with E-state index >= 15 is 0 Å². The number of ether oxygens (including phenoxy) is 1. The largest absolute Gasteiger partial charge is 0.488 e. The summed E-state index contributed by atoms with van der Waals surface area (Å²) in [6, 6.07) is 13.1. The molecule has 1 fully saturated rings. The van der Waals surface area contributed by atoms with Gasteiger partial charge < -0.3 is 14.1 Å². The van der Waals surface area contributed by atoms with Gasteiger partial charge in [-0.3, -0.25) is 4.90 Å². The first-order valence-corrected chi connectivity index (χ1v) is 9.68. The quantitative estimate of drug-likeness (QED) is 0.609. The topological polar surface area (TPSA) is 54.6 Å². The van der Waals surface area contributed by atoms with E-state index in [1.165, 1.54) is 11.6 Å². The van der Waals surface area contributed by atoms with Crippen molar-refractivity contribution in [1.82, 2.24) is 20.0 Å². The van der Waals surface area contributed by atoms with Gasteiger partial charge in [-0.05, 0) is 39.2 Å². The third-order valence-corrected chi connectivity index (χ3v) is 4.86. The SMILES string of the molecule is Cc1ccc(-c2nnc(CN3CC(Oc4ccc(CN(C)C)c(F)c4)C3)o2)cc1. The highest BCUT2D eigenvalue weighted by Gasteiger charge is 2.30. The van der Waals surface area contributed by atoms with E-state index in [9.17, 15) is 4.39 Å². The van der Waals surface area contributed by atoms with Crippen LogP contribution in [0.1, 0.15) is 17.0 Å². The van der Waals surface area contributed by atoms with Crippen molar-refractivity contribution in [3.05, 3.63) is 65.3 Å². The van der Waals surface area contributed by atoms with Gasteiger partial charge in [0, 0.05) is 36.8 Å². The molecule has 0 aliphatic carbocycles. The maximum atomic E-state index is 14.2. The molecule has 0 saturated carbocycles. The van der Waals surface area contributed by atoms with Gasteiger partial charge in [-0.1, -0.05) is 23.8 Å². The third kappa shape index (κ3) is 4.81. The van der Waals surface area contributed by atoms with Crippen molar-refractivity contribution >= 4 is 0 Å². The van der Waals surface area contributed by atoms with Gasteiger partial charge in [0.1, 0.15) is 17.7 Å². The number of aromatic nitrogens is 2. The van der Waals surface area contributed by atoms with Gasteiger partial charge in [0.2, 0.25) is 11.8 Å². The summed E-state index contributed by atoms with van der Waals surface area (Å²) in [6.07, 6.45) is 0.0357. The lowest BCUT2D eigenvalue weighted by atomic mass is 10.1. The Balaban J connectivity index is 1.27. The average molecular weight is 396 g/mol. The summed E-state index contributed by atoms with van der Waals surface area (Å²) in [5, 5.41) is 8.27. The monoisotopic (exact) mass is 396 g/mol. The molecule has 0 N–H and O–H groups in total. The smallest absolute Gasteiger partial charge is 0.247 e. The zero-order valence-electron chi connectivity index (χ0n) is 16.9. The van der Waals surface area contributed by atoms with Gasteiger partial charge in [-0.2, -0.15) is 0 Å². The summed E-state index contributed by atoms with van der Waals surface area (Å²) in [7, 11) is 3.83. The molecule has 0 spiro atoms. The fourth-order valence-electron chi connectivity index (χ4n) is 3.31. The molecule has 2 aromatic carbocycles. The van der Waals surface area contributed by atoms with E-state index in [4.69, 9.17) is 9.15 Å². The molecule has 1 aromatic heterocycles. The molecule has 0 radical (unpaired) electrons. The fraction of sp³-hybridized carbons (Fsp3) is 0.364. The van der Waals surface area contributed by atoms with Gasteiger partial charge in [0.25, 0.3) is 0 Å². The summed E-state index contributed by atoms with van der Waals surface area (Å²) in [5.41, 5.74) is 2.77. The lowest BCUT2D eigenvalue weighted by Gasteiger charge is -2.38. The van der Waals surface area contributed by atoms with Crippen LogP contribution < -0.4 is 4.74 Å². The molecule has 1 aliphatic rings. The highest BCUT2D eigenvalue weighted by molar-refractivity contribution is 5.52. The Hall–Kier alpha value is -2.77. The van der Waals surface area contributed by atoms with E-state index in [1.54, 1.807) is 6.07 Å². The van der Waals surface area contributed by atoms with E-state index in [0.29, 0.717) is 36.2 Å². The number of rotatable bonds is 7. The zero-order chi connectivity index (χ0) is 20.4. The molecule has 1 saturated heterocycles. The Morgan fingerprint density at radius 2 is 1.90 bits per heavy atom. The second-order valence-electron chi connectivity index (χ2n) is 7.79. The van der Waals surface area contributed by atoms with Crippen LogP contribution in [0.15, 0.2) is 46.9 Å². The highest BCUT2D eigenvalue weighted by Crippen LogP contribution is 2.24. The lowest BCUT2D eigenvalue weighted by Crippen LogP contribution is -2.53. The number of likely N-dealkylation sites (tertiary alicyclic amines) is 1. The van der Waals surface area contributed by atoms with Crippen LogP contribution in [0.25, 0.3) is 11.5 Å². The van der Waals surface area contributed by atoms with E-state index < -0.39 is 0 Å². The van der Waals surface area contributed by atoms with Crippen LogP contribution in [-0.2, 0) is 13.1 Å². The van der Waals surface area contributed by atoms with Gasteiger partial charge in [-0.25, -0.2) is 4.39 Å². The number of nitrogens with zero attached hydrogens (tertiary/aromatic N) is 4. The van der Waals surface area contributed by atoms with E-state index in [0.717, 1.165) is 18.7 Å². The Kier molecular flexibility index (Phi) is 5.60. The van der Waals surface area contributed by atoms with Crippen molar-refractivity contribution in [2.75, 3.05) is 27.2 Å². The molecule has 2 heterocycles. The number of hydrogen-bond donors (Lipinski definition) is 0. The molecule has 0 bridgehead atoms. The molecule has 4 rings (SSSR count). The standard InChI is InChI=1S/C22H25FN4O2/c1-15-4-6-16(7-5-15)22-25-24-21(29-22)14-27-12-19(13-27)28-18-9-8-17(11-26(2)3)20(23)10-18/h4-10,19H,11-14H2,1-3H3. The molecule has 152 valence electrons. The molecule has 0 amide bonds. The second-order valence-corrected chi connectivity index (χ2v) is 7.79. The molecule has 6 nitrogen and oxygen atoms in total. The summed E-state index contributed by atoms with van der Waals surface area (Å²) in [5.74, 6) is 1.44. The van der Waals surface area contributed by atoms with E-state index in [1.807, 2.05) is 56.3 Å². The van der Waals surface area contributed by atoms with Crippen molar-refractivity contribution in [1.29, 1.82) is 0 Å². The second kappa shape index (κ2) is 8.31. The van der Waals surface area contributed by atoms with Crippen LogP contribution in [0, 0.1) is 12.7 Å². The Bertz CT molecular complexity index is 965.